The van der Waals surface area contributed by atoms with Crippen molar-refractivity contribution in [1.82, 2.24) is 0 Å². The number of aryl methyl sites for hydroxylation is 2. The molecule has 1 atom stereocenters. The van der Waals surface area contributed by atoms with Crippen LogP contribution in [0.15, 0.2) is 24.3 Å². The van der Waals surface area contributed by atoms with Crippen molar-refractivity contribution in [1.29, 1.82) is 0 Å². The first-order valence-corrected chi connectivity index (χ1v) is 5.67. The van der Waals surface area contributed by atoms with Crippen LogP contribution in [0.25, 0.3) is 0 Å². The van der Waals surface area contributed by atoms with Crippen molar-refractivity contribution in [2.24, 2.45) is 5.73 Å². The molecule has 0 bridgehead atoms. The van der Waals surface area contributed by atoms with Crippen molar-refractivity contribution < 1.29 is 15.0 Å². The molecular weight excluding hydrogens is 218 g/mol. The quantitative estimate of drug-likeness (QED) is 0.691. The van der Waals surface area contributed by atoms with Gasteiger partial charge in [0, 0.05) is 0 Å². The molecule has 0 fully saturated rings. The van der Waals surface area contributed by atoms with Crippen molar-refractivity contribution in [2.75, 3.05) is 6.61 Å². The lowest BCUT2D eigenvalue weighted by atomic mass is 9.92. The van der Waals surface area contributed by atoms with Crippen LogP contribution < -0.4 is 5.73 Å². The highest BCUT2D eigenvalue weighted by molar-refractivity contribution is 5.78. The molecule has 0 aliphatic heterocycles. The Kier molecular flexibility index (Phi) is 4.66. The maximum absolute atomic E-state index is 10.9. The fourth-order valence-electron chi connectivity index (χ4n) is 1.74. The number of carboxylic acids is 1. The van der Waals surface area contributed by atoms with Crippen LogP contribution in [-0.2, 0) is 11.2 Å². The molecule has 1 unspecified atom stereocenters. The summed E-state index contributed by atoms with van der Waals surface area (Å²) in [7, 11) is 0. The summed E-state index contributed by atoms with van der Waals surface area (Å²) in [5.74, 6) is -1.15. The maximum Gasteiger partial charge on any atom is 0.326 e. The van der Waals surface area contributed by atoms with E-state index in [1.807, 2.05) is 31.2 Å². The molecule has 0 saturated carbocycles. The van der Waals surface area contributed by atoms with Gasteiger partial charge >= 0.3 is 5.97 Å². The van der Waals surface area contributed by atoms with Crippen molar-refractivity contribution >= 4 is 5.97 Å². The molecule has 1 rings (SSSR count). The highest BCUT2D eigenvalue weighted by Gasteiger charge is 2.32. The molecule has 4 nitrogen and oxygen atoms in total. The van der Waals surface area contributed by atoms with Gasteiger partial charge in [0.05, 0.1) is 6.61 Å². The van der Waals surface area contributed by atoms with Gasteiger partial charge in [0.15, 0.2) is 0 Å². The number of aliphatic hydroxyl groups is 1. The van der Waals surface area contributed by atoms with E-state index in [-0.39, 0.29) is 6.42 Å². The summed E-state index contributed by atoms with van der Waals surface area (Å²) in [6, 6.07) is 7.97. The van der Waals surface area contributed by atoms with Gasteiger partial charge in [0.25, 0.3) is 0 Å². The third-order valence-electron chi connectivity index (χ3n) is 3.04. The van der Waals surface area contributed by atoms with Gasteiger partial charge in [-0.25, -0.2) is 0 Å². The summed E-state index contributed by atoms with van der Waals surface area (Å²) in [5.41, 5.74) is 6.46. The van der Waals surface area contributed by atoms with E-state index in [2.05, 4.69) is 0 Å². The van der Waals surface area contributed by atoms with Gasteiger partial charge in [-0.1, -0.05) is 24.3 Å². The van der Waals surface area contributed by atoms with Crippen molar-refractivity contribution in [3.05, 3.63) is 35.4 Å². The Morgan fingerprint density at radius 1 is 1.41 bits per heavy atom. The molecule has 0 aliphatic carbocycles. The van der Waals surface area contributed by atoms with Crippen molar-refractivity contribution in [2.45, 2.75) is 31.7 Å². The van der Waals surface area contributed by atoms with Crippen LogP contribution in [0, 0.1) is 6.92 Å². The van der Waals surface area contributed by atoms with Crippen LogP contribution in [0.5, 0.6) is 0 Å². The number of benzene rings is 1. The lowest BCUT2D eigenvalue weighted by Crippen LogP contribution is -2.51. The molecule has 0 spiro atoms. The zero-order valence-electron chi connectivity index (χ0n) is 10.0. The molecule has 94 valence electrons. The monoisotopic (exact) mass is 237 g/mol. The predicted molar refractivity (Wildman–Crippen MR) is 65.8 cm³/mol. The number of aliphatic carboxylic acids is 1. The molecule has 4 N–H and O–H groups in total. The van der Waals surface area contributed by atoms with E-state index in [1.165, 1.54) is 11.1 Å². The molecular formula is C13H19NO3. The van der Waals surface area contributed by atoms with Crippen LogP contribution in [0.4, 0.5) is 0 Å². The average Bonchev–Trinajstić information content (AvgIpc) is 2.31. The molecule has 0 saturated heterocycles. The molecule has 0 heterocycles. The van der Waals surface area contributed by atoms with Gasteiger partial charge in [-0.3, -0.25) is 4.79 Å². The van der Waals surface area contributed by atoms with Gasteiger partial charge < -0.3 is 15.9 Å². The highest BCUT2D eigenvalue weighted by atomic mass is 16.4. The zero-order valence-corrected chi connectivity index (χ0v) is 10.0. The molecule has 0 amide bonds. The van der Waals surface area contributed by atoms with Gasteiger partial charge in [-0.2, -0.15) is 0 Å². The van der Waals surface area contributed by atoms with Crippen LogP contribution >= 0.6 is 0 Å². The van der Waals surface area contributed by atoms with Crippen LogP contribution in [-0.4, -0.2) is 28.3 Å². The van der Waals surface area contributed by atoms with Gasteiger partial charge in [-0.05, 0) is 37.3 Å². The molecule has 4 heteroatoms. The smallest absolute Gasteiger partial charge is 0.326 e. The molecule has 17 heavy (non-hydrogen) atoms. The Bertz CT molecular complexity index is 392. The van der Waals surface area contributed by atoms with E-state index in [0.717, 1.165) is 6.42 Å². The first kappa shape index (κ1) is 13.7. The molecule has 1 aromatic rings. The Morgan fingerprint density at radius 2 is 2.06 bits per heavy atom. The van der Waals surface area contributed by atoms with E-state index < -0.39 is 18.1 Å². The first-order chi connectivity index (χ1) is 7.99. The van der Waals surface area contributed by atoms with E-state index in [0.29, 0.717) is 6.42 Å². The third-order valence-corrected chi connectivity index (χ3v) is 3.04. The second-order valence-corrected chi connectivity index (χ2v) is 4.40. The number of carboxylic acid groups (broad SMARTS) is 1. The Morgan fingerprint density at radius 3 is 2.59 bits per heavy atom. The summed E-state index contributed by atoms with van der Waals surface area (Å²) in [4.78, 5) is 10.9. The number of carbonyl (C=O) groups is 1. The lowest BCUT2D eigenvalue weighted by molar-refractivity contribution is -0.145. The normalized spacial score (nSPS) is 14.3. The largest absolute Gasteiger partial charge is 0.480 e. The number of hydrogen-bond acceptors (Lipinski definition) is 3. The SMILES string of the molecule is Cc1ccccc1CCCC(N)(CO)C(=O)O. The van der Waals surface area contributed by atoms with Crippen LogP contribution in [0.2, 0.25) is 0 Å². The summed E-state index contributed by atoms with van der Waals surface area (Å²) >= 11 is 0. The standard InChI is InChI=1S/C13H19NO3/c1-10-5-2-3-6-11(10)7-4-8-13(14,9-15)12(16)17/h2-3,5-6,15H,4,7-9,14H2,1H3,(H,16,17). The Labute approximate surface area is 101 Å². The first-order valence-electron chi connectivity index (χ1n) is 5.67. The van der Waals surface area contributed by atoms with Gasteiger partial charge in [0.2, 0.25) is 0 Å². The number of aliphatic hydroxyl groups excluding tert-OH is 1. The second-order valence-electron chi connectivity index (χ2n) is 4.40. The van der Waals surface area contributed by atoms with E-state index >= 15 is 0 Å². The number of rotatable bonds is 6. The van der Waals surface area contributed by atoms with Crippen LogP contribution in [0.3, 0.4) is 0 Å². The Balaban J connectivity index is 2.53. The van der Waals surface area contributed by atoms with Gasteiger partial charge in [-0.15, -0.1) is 0 Å². The van der Waals surface area contributed by atoms with Crippen molar-refractivity contribution in [3.8, 4) is 0 Å². The molecule has 1 aromatic carbocycles. The third kappa shape index (κ3) is 3.54. The molecule has 0 aliphatic rings. The minimum Gasteiger partial charge on any atom is -0.480 e. The minimum absolute atomic E-state index is 0.271. The predicted octanol–water partition coefficient (Wildman–Crippen LogP) is 1.09. The zero-order chi connectivity index (χ0) is 12.9. The minimum atomic E-state index is -1.51. The number of hydrogen-bond donors (Lipinski definition) is 3. The Hall–Kier alpha value is -1.39. The van der Waals surface area contributed by atoms with E-state index in [1.54, 1.807) is 0 Å². The fourth-order valence-corrected chi connectivity index (χ4v) is 1.74. The molecule has 0 radical (unpaired) electrons. The lowest BCUT2D eigenvalue weighted by Gasteiger charge is -2.21. The van der Waals surface area contributed by atoms with E-state index in [4.69, 9.17) is 15.9 Å². The summed E-state index contributed by atoms with van der Waals surface area (Å²) < 4.78 is 0. The van der Waals surface area contributed by atoms with Crippen LogP contribution in [0.1, 0.15) is 24.0 Å². The number of nitrogens with two attached hydrogens (primary N) is 1. The summed E-state index contributed by atoms with van der Waals surface area (Å²) in [6.45, 7) is 1.49. The maximum atomic E-state index is 10.9. The van der Waals surface area contributed by atoms with Gasteiger partial charge in [0.1, 0.15) is 5.54 Å². The van der Waals surface area contributed by atoms with Crippen molar-refractivity contribution in [3.63, 3.8) is 0 Å². The fraction of sp³-hybridized carbons (Fsp3) is 0.462. The molecule has 0 aromatic heterocycles. The average molecular weight is 237 g/mol. The highest BCUT2D eigenvalue weighted by Crippen LogP contribution is 2.15. The summed E-state index contributed by atoms with van der Waals surface area (Å²) in [5, 5.41) is 17.9. The second kappa shape index (κ2) is 5.80. The van der Waals surface area contributed by atoms with E-state index in [9.17, 15) is 4.79 Å². The summed E-state index contributed by atoms with van der Waals surface area (Å²) in [6.07, 6.45) is 1.69. The topological polar surface area (TPSA) is 83.5 Å².